The number of aromatic nitrogens is 3. The summed E-state index contributed by atoms with van der Waals surface area (Å²) >= 11 is 1.64. The van der Waals surface area contributed by atoms with Crippen LogP contribution in [0.25, 0.3) is 16.2 Å². The molecular weight excluding hydrogens is 290 g/mol. The average Bonchev–Trinajstić information content (AvgIpc) is 3.14. The molecule has 0 saturated carbocycles. The van der Waals surface area contributed by atoms with Crippen molar-refractivity contribution in [3.63, 3.8) is 0 Å². The number of benzene rings is 1. The van der Waals surface area contributed by atoms with Crippen LogP contribution in [0.15, 0.2) is 66.4 Å². The summed E-state index contributed by atoms with van der Waals surface area (Å²) in [5.41, 5.74) is 6.13. The number of nitrogens with zero attached hydrogens (tertiary/aromatic N) is 3. The van der Waals surface area contributed by atoms with Gasteiger partial charge in [0.1, 0.15) is 11.3 Å². The number of hydrogen-bond acceptors (Lipinski definition) is 3. The lowest BCUT2D eigenvalue weighted by Crippen LogP contribution is -1.82. The molecule has 3 nitrogen and oxygen atoms in total. The molecule has 0 aliphatic rings. The van der Waals surface area contributed by atoms with E-state index in [4.69, 9.17) is 0 Å². The fraction of sp³-hybridized carbons (Fsp3) is 0.111. The molecule has 0 unspecified atom stereocenters. The van der Waals surface area contributed by atoms with E-state index in [9.17, 15) is 0 Å². The summed E-state index contributed by atoms with van der Waals surface area (Å²) in [6.07, 6.45) is 4.14. The van der Waals surface area contributed by atoms with Crippen molar-refractivity contribution in [3.05, 3.63) is 77.7 Å². The van der Waals surface area contributed by atoms with Crippen LogP contribution < -0.4 is 0 Å². The summed E-state index contributed by atoms with van der Waals surface area (Å²) in [5.74, 6) is 0. The first-order valence-electron chi connectivity index (χ1n) is 7.10. The van der Waals surface area contributed by atoms with Gasteiger partial charge in [0.25, 0.3) is 0 Å². The number of pyridine rings is 1. The Morgan fingerprint density at radius 1 is 0.909 bits per heavy atom. The molecule has 0 saturated heterocycles. The zero-order valence-electron chi connectivity index (χ0n) is 12.6. The zero-order valence-corrected chi connectivity index (χ0v) is 13.4. The van der Waals surface area contributed by atoms with Crippen LogP contribution in [0.5, 0.6) is 0 Å². The van der Waals surface area contributed by atoms with Gasteiger partial charge in [0.15, 0.2) is 0 Å². The Kier molecular flexibility index (Phi) is 4.30. The molecule has 0 radical (unpaired) electrons. The van der Waals surface area contributed by atoms with Gasteiger partial charge in [-0.25, -0.2) is 9.97 Å². The van der Waals surface area contributed by atoms with E-state index in [1.165, 1.54) is 5.56 Å². The van der Waals surface area contributed by atoms with Gasteiger partial charge in [-0.3, -0.25) is 0 Å². The second-order valence-corrected chi connectivity index (χ2v) is 5.87. The van der Waals surface area contributed by atoms with Gasteiger partial charge in [-0.05, 0) is 25.5 Å². The number of thiazole rings is 1. The van der Waals surface area contributed by atoms with E-state index in [2.05, 4.69) is 39.8 Å². The SMILES string of the molecule is Cc1ccc2nc(-c3scnc3C)cn2c1.c1ccccc1. The largest absolute Gasteiger partial charge is 0.306 e. The van der Waals surface area contributed by atoms with Crippen LogP contribution in [0, 0.1) is 13.8 Å². The molecule has 22 heavy (non-hydrogen) atoms. The van der Waals surface area contributed by atoms with Crippen LogP contribution in [-0.2, 0) is 0 Å². The third kappa shape index (κ3) is 3.23. The van der Waals surface area contributed by atoms with Gasteiger partial charge in [-0.15, -0.1) is 11.3 Å². The highest BCUT2D eigenvalue weighted by atomic mass is 32.1. The molecule has 110 valence electrons. The third-order valence-electron chi connectivity index (χ3n) is 3.24. The van der Waals surface area contributed by atoms with Crippen LogP contribution in [0.2, 0.25) is 0 Å². The first-order chi connectivity index (χ1) is 10.7. The minimum Gasteiger partial charge on any atom is -0.306 e. The van der Waals surface area contributed by atoms with Gasteiger partial charge < -0.3 is 4.40 Å². The van der Waals surface area contributed by atoms with Crippen molar-refractivity contribution >= 4 is 17.0 Å². The Bertz CT molecular complexity index is 836. The van der Waals surface area contributed by atoms with Crippen molar-refractivity contribution in [1.82, 2.24) is 14.4 Å². The number of imidazole rings is 1. The molecule has 0 N–H and O–H groups in total. The van der Waals surface area contributed by atoms with Crippen molar-refractivity contribution in [2.75, 3.05) is 0 Å². The van der Waals surface area contributed by atoms with E-state index < -0.39 is 0 Å². The molecule has 0 atom stereocenters. The van der Waals surface area contributed by atoms with Crippen LogP contribution in [0.1, 0.15) is 11.3 Å². The third-order valence-corrected chi connectivity index (χ3v) is 4.19. The summed E-state index contributed by atoms with van der Waals surface area (Å²) in [4.78, 5) is 9.99. The summed E-state index contributed by atoms with van der Waals surface area (Å²) in [5, 5.41) is 0. The zero-order chi connectivity index (χ0) is 15.4. The lowest BCUT2D eigenvalue weighted by Gasteiger charge is -1.93. The second-order valence-electron chi connectivity index (χ2n) is 5.02. The molecule has 4 aromatic rings. The van der Waals surface area contributed by atoms with Gasteiger partial charge in [-0.1, -0.05) is 42.5 Å². The molecule has 0 amide bonds. The normalized spacial score (nSPS) is 10.3. The first-order valence-corrected chi connectivity index (χ1v) is 7.98. The molecule has 4 heteroatoms. The summed E-state index contributed by atoms with van der Waals surface area (Å²) < 4.78 is 2.06. The quantitative estimate of drug-likeness (QED) is 0.507. The van der Waals surface area contributed by atoms with Gasteiger partial charge in [0, 0.05) is 12.4 Å². The monoisotopic (exact) mass is 307 g/mol. The maximum Gasteiger partial charge on any atom is 0.137 e. The molecule has 0 aliphatic heterocycles. The van der Waals surface area contributed by atoms with Gasteiger partial charge >= 0.3 is 0 Å². The molecule has 1 aromatic carbocycles. The summed E-state index contributed by atoms with van der Waals surface area (Å²) in [6.45, 7) is 4.10. The van der Waals surface area contributed by atoms with Crippen molar-refractivity contribution in [3.8, 4) is 10.6 Å². The highest BCUT2D eigenvalue weighted by Crippen LogP contribution is 2.26. The Morgan fingerprint density at radius 2 is 1.59 bits per heavy atom. The molecule has 3 aromatic heterocycles. The predicted molar refractivity (Wildman–Crippen MR) is 92.2 cm³/mol. The van der Waals surface area contributed by atoms with Crippen molar-refractivity contribution in [2.24, 2.45) is 0 Å². The van der Waals surface area contributed by atoms with Crippen molar-refractivity contribution < 1.29 is 0 Å². The highest BCUT2D eigenvalue weighted by molar-refractivity contribution is 7.13. The van der Waals surface area contributed by atoms with Crippen LogP contribution in [0.4, 0.5) is 0 Å². The molecule has 0 spiro atoms. The molecule has 0 fully saturated rings. The van der Waals surface area contributed by atoms with E-state index in [1.54, 1.807) is 11.3 Å². The van der Waals surface area contributed by atoms with Gasteiger partial charge in [0.2, 0.25) is 0 Å². The molecule has 0 aliphatic carbocycles. The maximum atomic E-state index is 4.59. The van der Waals surface area contributed by atoms with E-state index >= 15 is 0 Å². The average molecular weight is 307 g/mol. The van der Waals surface area contributed by atoms with Crippen LogP contribution >= 0.6 is 11.3 Å². The Balaban J connectivity index is 0.000000202. The molecule has 4 rings (SSSR count). The van der Waals surface area contributed by atoms with Gasteiger partial charge in [0.05, 0.1) is 16.1 Å². The minimum absolute atomic E-state index is 0.980. The van der Waals surface area contributed by atoms with E-state index in [1.807, 2.05) is 54.9 Å². The molecule has 3 heterocycles. The lowest BCUT2D eigenvalue weighted by molar-refractivity contribution is 1.16. The standard InChI is InChI=1S/C12H11N3S.C6H6/c1-8-3-4-11-14-10(6-15(11)5-8)12-9(2)13-7-16-12;1-2-4-6-5-3-1/h3-7H,1-2H3;1-6H. The fourth-order valence-electron chi connectivity index (χ4n) is 2.15. The topological polar surface area (TPSA) is 30.2 Å². The molecular formula is C18H17N3S. The van der Waals surface area contributed by atoms with E-state index in [0.29, 0.717) is 0 Å². The molecule has 0 bridgehead atoms. The first kappa shape index (κ1) is 14.5. The summed E-state index contributed by atoms with van der Waals surface area (Å²) in [7, 11) is 0. The number of rotatable bonds is 1. The minimum atomic E-state index is 0.980. The fourth-order valence-corrected chi connectivity index (χ4v) is 2.90. The van der Waals surface area contributed by atoms with Crippen molar-refractivity contribution in [1.29, 1.82) is 0 Å². The number of fused-ring (bicyclic) bond motifs is 1. The van der Waals surface area contributed by atoms with Crippen molar-refractivity contribution in [2.45, 2.75) is 13.8 Å². The Morgan fingerprint density at radius 3 is 2.18 bits per heavy atom. The summed E-state index contributed by atoms with van der Waals surface area (Å²) in [6, 6.07) is 16.1. The van der Waals surface area contributed by atoms with E-state index in [0.717, 1.165) is 21.9 Å². The predicted octanol–water partition coefficient (Wildman–Crippen LogP) is 4.76. The highest BCUT2D eigenvalue weighted by Gasteiger charge is 2.08. The Labute approximate surface area is 133 Å². The van der Waals surface area contributed by atoms with Crippen LogP contribution in [0.3, 0.4) is 0 Å². The van der Waals surface area contributed by atoms with Crippen LogP contribution in [-0.4, -0.2) is 14.4 Å². The number of hydrogen-bond donors (Lipinski definition) is 0. The number of aryl methyl sites for hydroxylation is 2. The maximum absolute atomic E-state index is 4.59. The lowest BCUT2D eigenvalue weighted by atomic mass is 10.3. The smallest absolute Gasteiger partial charge is 0.137 e. The van der Waals surface area contributed by atoms with E-state index in [-0.39, 0.29) is 0 Å². The Hall–Kier alpha value is -2.46. The second kappa shape index (κ2) is 6.54. The van der Waals surface area contributed by atoms with Gasteiger partial charge in [-0.2, -0.15) is 0 Å².